The second kappa shape index (κ2) is 12.7. The van der Waals surface area contributed by atoms with Crippen LogP contribution in [0.1, 0.15) is 56.2 Å². The Morgan fingerprint density at radius 2 is 1.85 bits per heavy atom. The molecule has 0 aliphatic carbocycles. The Morgan fingerprint density at radius 1 is 1.15 bits per heavy atom. The van der Waals surface area contributed by atoms with Crippen molar-refractivity contribution in [2.45, 2.75) is 64.1 Å². The molecule has 0 fully saturated rings. The van der Waals surface area contributed by atoms with Gasteiger partial charge in [-0.1, -0.05) is 65.3 Å². The van der Waals surface area contributed by atoms with Gasteiger partial charge < -0.3 is 14.7 Å². The highest BCUT2D eigenvalue weighted by atomic mass is 79.9. The van der Waals surface area contributed by atoms with Gasteiger partial charge in [0.1, 0.15) is 0 Å². The average molecular weight is 546 g/mol. The Kier molecular flexibility index (Phi) is 10.7. The van der Waals surface area contributed by atoms with Crippen molar-refractivity contribution in [2.24, 2.45) is 0 Å². The van der Waals surface area contributed by atoms with E-state index in [1.807, 2.05) is 18.2 Å². The van der Waals surface area contributed by atoms with E-state index in [1.165, 1.54) is 24.6 Å². The zero-order valence-corrected chi connectivity index (χ0v) is 21.4. The molecule has 9 heteroatoms. The van der Waals surface area contributed by atoms with Gasteiger partial charge in [-0.2, -0.15) is 8.78 Å². The number of carbonyl (C=O) groups excluding carboxylic acids is 1. The number of carbonyl (C=O) groups is 1. The molecule has 1 amide bonds. The van der Waals surface area contributed by atoms with Crippen LogP contribution in [0.4, 0.5) is 8.78 Å². The zero-order valence-electron chi connectivity index (χ0n) is 18.9. The van der Waals surface area contributed by atoms with Gasteiger partial charge in [-0.25, -0.2) is 0 Å². The van der Waals surface area contributed by atoms with E-state index in [9.17, 15) is 23.0 Å². The minimum absolute atomic E-state index is 0.0132. The number of benzene rings is 2. The minimum Gasteiger partial charge on any atom is -0.356 e. The van der Waals surface area contributed by atoms with Gasteiger partial charge >= 0.3 is 13.3 Å². The summed E-state index contributed by atoms with van der Waals surface area (Å²) in [5, 5.41) is 2.84. The molecule has 2 aromatic carbocycles. The van der Waals surface area contributed by atoms with Crippen molar-refractivity contribution in [3.05, 3.63) is 69.7 Å². The summed E-state index contributed by atoms with van der Waals surface area (Å²) in [5.41, 5.74) is -2.70. The fourth-order valence-electron chi connectivity index (χ4n) is 3.19. The Balaban J connectivity index is 1.82. The third-order valence-electron chi connectivity index (χ3n) is 5.31. The maximum absolute atomic E-state index is 14.7. The first-order valence-electron chi connectivity index (χ1n) is 11.1. The first-order chi connectivity index (χ1) is 15.6. The Labute approximate surface area is 202 Å². The van der Waals surface area contributed by atoms with E-state index in [-0.39, 0.29) is 10.4 Å². The number of amides is 1. The van der Waals surface area contributed by atoms with Gasteiger partial charge in [0.2, 0.25) is 5.91 Å². The van der Waals surface area contributed by atoms with Crippen LogP contribution in [0.2, 0.25) is 0 Å². The van der Waals surface area contributed by atoms with Crippen LogP contribution in [0.25, 0.3) is 0 Å². The molecule has 0 saturated carbocycles. The van der Waals surface area contributed by atoms with Gasteiger partial charge in [0.15, 0.2) is 0 Å². The fourth-order valence-corrected chi connectivity index (χ4v) is 5.29. The van der Waals surface area contributed by atoms with E-state index in [0.29, 0.717) is 31.4 Å². The van der Waals surface area contributed by atoms with Gasteiger partial charge in [-0.3, -0.25) is 9.36 Å². The normalized spacial score (nSPS) is 14.5. The van der Waals surface area contributed by atoms with Crippen LogP contribution in [0.15, 0.2) is 53.0 Å². The van der Waals surface area contributed by atoms with Crippen LogP contribution in [0.3, 0.4) is 0 Å². The molecule has 2 N–H and O–H groups in total. The lowest BCUT2D eigenvalue weighted by molar-refractivity contribution is -0.121. The van der Waals surface area contributed by atoms with E-state index in [0.717, 1.165) is 25.3 Å². The molecular weight excluding hydrogens is 515 g/mol. The van der Waals surface area contributed by atoms with Gasteiger partial charge in [-0.05, 0) is 56.2 Å². The Morgan fingerprint density at radius 3 is 2.48 bits per heavy atom. The van der Waals surface area contributed by atoms with E-state index in [4.69, 9.17) is 4.52 Å². The molecule has 2 unspecified atom stereocenters. The van der Waals surface area contributed by atoms with Crippen LogP contribution in [0, 0.1) is 0 Å². The largest absolute Gasteiger partial charge is 0.402 e. The summed E-state index contributed by atoms with van der Waals surface area (Å²) in [5.74, 6) is -0.0475. The van der Waals surface area contributed by atoms with Gasteiger partial charge in [0.05, 0.1) is 6.10 Å². The summed E-state index contributed by atoms with van der Waals surface area (Å²) in [6.07, 6.45) is 3.09. The monoisotopic (exact) mass is 545 g/mol. The number of halogens is 3. The van der Waals surface area contributed by atoms with Crippen LogP contribution in [-0.4, -0.2) is 23.4 Å². The fraction of sp³-hybridized carbons (Fsp3) is 0.458. The molecule has 182 valence electrons. The summed E-state index contributed by atoms with van der Waals surface area (Å²) in [6.45, 7) is 3.51. The van der Waals surface area contributed by atoms with Crippen molar-refractivity contribution in [2.75, 3.05) is 6.54 Å². The number of hydrogen-bond donors (Lipinski definition) is 2. The lowest BCUT2D eigenvalue weighted by Crippen LogP contribution is -2.25. The first-order valence-corrected chi connectivity index (χ1v) is 13.4. The Hall–Kier alpha value is -1.60. The quantitative estimate of drug-likeness (QED) is 0.220. The third kappa shape index (κ3) is 8.29. The maximum atomic E-state index is 14.7. The highest BCUT2D eigenvalue weighted by molar-refractivity contribution is 9.10. The molecule has 33 heavy (non-hydrogen) atoms. The lowest BCUT2D eigenvalue weighted by atomic mass is 10.1. The van der Waals surface area contributed by atoms with Crippen molar-refractivity contribution in [1.82, 2.24) is 5.32 Å². The zero-order chi connectivity index (χ0) is 24.5. The molecule has 2 atom stereocenters. The number of nitrogens with one attached hydrogen (secondary N) is 1. The minimum atomic E-state index is -5.22. The molecule has 2 rings (SSSR count). The summed E-state index contributed by atoms with van der Waals surface area (Å²) in [4.78, 5) is 21.9. The van der Waals surface area contributed by atoms with E-state index in [2.05, 4.69) is 33.4 Å². The number of alkyl halides is 2. The number of rotatable bonds is 13. The second-order valence-electron chi connectivity index (χ2n) is 7.99. The summed E-state index contributed by atoms with van der Waals surface area (Å²) >= 11 is 3.09. The smallest absolute Gasteiger partial charge is 0.356 e. The Bertz CT molecular complexity index is 959. The van der Waals surface area contributed by atoms with Crippen LogP contribution in [-0.2, 0) is 32.4 Å². The molecule has 0 aliphatic heterocycles. The highest BCUT2D eigenvalue weighted by Gasteiger charge is 2.54. The molecule has 0 aromatic heterocycles. The number of aryl methyl sites for hydroxylation is 1. The molecule has 0 aliphatic rings. The predicted molar refractivity (Wildman–Crippen MR) is 129 cm³/mol. The highest BCUT2D eigenvalue weighted by Crippen LogP contribution is 2.64. The van der Waals surface area contributed by atoms with Crippen molar-refractivity contribution < 1.29 is 27.6 Å². The second-order valence-corrected chi connectivity index (χ2v) is 10.7. The molecule has 0 radical (unpaired) electrons. The molecule has 0 bridgehead atoms. The van der Waals surface area contributed by atoms with Crippen molar-refractivity contribution >= 4 is 29.4 Å². The molecule has 5 nitrogen and oxygen atoms in total. The maximum Gasteiger partial charge on any atom is 0.402 e. The molecule has 2 aromatic rings. The predicted octanol–water partition coefficient (Wildman–Crippen LogP) is 6.57. The lowest BCUT2D eigenvalue weighted by Gasteiger charge is -2.25. The van der Waals surface area contributed by atoms with Crippen molar-refractivity contribution in [1.29, 1.82) is 0 Å². The average Bonchev–Trinajstić information content (AvgIpc) is 2.77. The van der Waals surface area contributed by atoms with Crippen molar-refractivity contribution in [3.8, 4) is 0 Å². The summed E-state index contributed by atoms with van der Waals surface area (Å²) < 4.78 is 46.4. The van der Waals surface area contributed by atoms with Gasteiger partial charge in [0, 0.05) is 23.0 Å². The molecular formula is C24H31BrF2NO4P. The van der Waals surface area contributed by atoms with Crippen molar-refractivity contribution in [3.63, 3.8) is 0 Å². The van der Waals surface area contributed by atoms with E-state index in [1.54, 1.807) is 6.92 Å². The summed E-state index contributed by atoms with van der Waals surface area (Å²) in [7, 11) is -5.22. The van der Waals surface area contributed by atoms with E-state index >= 15 is 0 Å². The van der Waals surface area contributed by atoms with E-state index < -0.39 is 24.9 Å². The standard InChI is InChI=1S/C24H31BrF2NO4P/c1-3-18(2)32-33(30,31)24(26,27)21-14-13-20(17-22(21)25)15-16-28-23(29)12-8-7-11-19-9-5-4-6-10-19/h4-6,9-10,13-14,17-18H,3,7-8,11-12,15-16H2,1-2H3,(H,28,29)(H,30,31). The van der Waals surface area contributed by atoms with Crippen LogP contribution in [0.5, 0.6) is 0 Å². The first kappa shape index (κ1) is 27.6. The van der Waals surface area contributed by atoms with Gasteiger partial charge in [-0.15, -0.1) is 0 Å². The molecule has 0 saturated heterocycles. The SMILES string of the molecule is CCC(C)OP(=O)(O)C(F)(F)c1ccc(CCNC(=O)CCCCc2ccccc2)cc1Br. The van der Waals surface area contributed by atoms with Crippen LogP contribution < -0.4 is 5.32 Å². The number of unbranched alkanes of at least 4 members (excludes halogenated alkanes) is 1. The number of hydrogen-bond acceptors (Lipinski definition) is 3. The summed E-state index contributed by atoms with van der Waals surface area (Å²) in [6, 6.07) is 14.2. The van der Waals surface area contributed by atoms with Crippen LogP contribution >= 0.6 is 23.5 Å². The molecule has 0 heterocycles. The van der Waals surface area contributed by atoms with Gasteiger partial charge in [0.25, 0.3) is 0 Å². The molecule has 0 spiro atoms. The third-order valence-corrected chi connectivity index (χ3v) is 7.56. The topological polar surface area (TPSA) is 75.6 Å².